The van der Waals surface area contributed by atoms with Crippen LogP contribution in [-0.2, 0) is 14.8 Å². The summed E-state index contributed by atoms with van der Waals surface area (Å²) >= 11 is 0. The minimum absolute atomic E-state index is 0.107. The Bertz CT molecular complexity index is 950. The fourth-order valence-electron chi connectivity index (χ4n) is 2.28. The molecule has 0 spiro atoms. The topological polar surface area (TPSA) is 84.9 Å². The number of nitrogens with one attached hydrogen (secondary N) is 1. The van der Waals surface area contributed by atoms with Crippen molar-refractivity contribution in [1.29, 1.82) is 0 Å². The lowest BCUT2D eigenvalue weighted by Crippen LogP contribution is -2.37. The molecule has 0 aliphatic rings. The van der Waals surface area contributed by atoms with E-state index in [9.17, 15) is 22.0 Å². The highest BCUT2D eigenvalue weighted by Crippen LogP contribution is 2.33. The molecule has 7 nitrogen and oxygen atoms in total. The van der Waals surface area contributed by atoms with Gasteiger partial charge < -0.3 is 14.8 Å². The summed E-state index contributed by atoms with van der Waals surface area (Å²) in [6, 6.07) is 7.01. The van der Waals surface area contributed by atoms with Gasteiger partial charge in [-0.3, -0.25) is 9.10 Å². The maximum atomic E-state index is 13.7. The number of carbonyl (C=O) groups excluding carboxylic acids is 1. The van der Waals surface area contributed by atoms with Crippen LogP contribution in [0.5, 0.6) is 11.5 Å². The van der Waals surface area contributed by atoms with Gasteiger partial charge in [-0.15, -0.1) is 0 Å². The lowest BCUT2D eigenvalue weighted by molar-refractivity contribution is -0.114. The largest absolute Gasteiger partial charge is 0.497 e. The maximum absolute atomic E-state index is 13.7. The number of anilines is 2. The van der Waals surface area contributed by atoms with Crippen molar-refractivity contribution in [3.05, 3.63) is 48.0 Å². The summed E-state index contributed by atoms with van der Waals surface area (Å²) in [5.41, 5.74) is -0.160. The third kappa shape index (κ3) is 5.07. The summed E-state index contributed by atoms with van der Waals surface area (Å²) in [5, 5.41) is 2.22. The molecule has 1 amide bonds. The van der Waals surface area contributed by atoms with E-state index in [2.05, 4.69) is 5.32 Å². The summed E-state index contributed by atoms with van der Waals surface area (Å²) in [6.07, 6.45) is 0.919. The van der Waals surface area contributed by atoms with Crippen molar-refractivity contribution < 1.29 is 31.5 Å². The number of hydrogen-bond acceptors (Lipinski definition) is 5. The Labute approximate surface area is 155 Å². The van der Waals surface area contributed by atoms with Gasteiger partial charge in [0.05, 0.1) is 31.9 Å². The van der Waals surface area contributed by atoms with E-state index in [0.29, 0.717) is 11.8 Å². The van der Waals surface area contributed by atoms with Gasteiger partial charge in [0.25, 0.3) is 0 Å². The molecule has 0 heterocycles. The minimum Gasteiger partial charge on any atom is -0.497 e. The summed E-state index contributed by atoms with van der Waals surface area (Å²) < 4.78 is 62.1. The molecule has 0 aliphatic heterocycles. The predicted octanol–water partition coefficient (Wildman–Crippen LogP) is 2.39. The summed E-state index contributed by atoms with van der Waals surface area (Å²) in [5.74, 6) is -1.99. The predicted molar refractivity (Wildman–Crippen MR) is 96.7 cm³/mol. The molecule has 0 unspecified atom stereocenters. The smallest absolute Gasteiger partial charge is 0.245 e. The van der Waals surface area contributed by atoms with Gasteiger partial charge in [-0.05, 0) is 24.3 Å². The van der Waals surface area contributed by atoms with Gasteiger partial charge in [0, 0.05) is 12.1 Å². The summed E-state index contributed by atoms with van der Waals surface area (Å²) in [7, 11) is -1.10. The molecule has 0 aromatic heterocycles. The van der Waals surface area contributed by atoms with E-state index in [1.165, 1.54) is 32.4 Å². The molecule has 0 saturated heterocycles. The second kappa shape index (κ2) is 8.21. The molecule has 2 aromatic rings. The average Bonchev–Trinajstić information content (AvgIpc) is 2.60. The zero-order valence-corrected chi connectivity index (χ0v) is 15.6. The second-order valence-electron chi connectivity index (χ2n) is 5.48. The van der Waals surface area contributed by atoms with Crippen molar-refractivity contribution >= 4 is 27.3 Å². The molecule has 10 heteroatoms. The van der Waals surface area contributed by atoms with Crippen molar-refractivity contribution in [3.8, 4) is 11.5 Å². The Balaban J connectivity index is 2.31. The van der Waals surface area contributed by atoms with Crippen LogP contribution < -0.4 is 19.1 Å². The first-order chi connectivity index (χ1) is 12.7. The van der Waals surface area contributed by atoms with Crippen LogP contribution >= 0.6 is 0 Å². The number of sulfonamides is 1. The molecule has 0 radical (unpaired) electrons. The third-order valence-electron chi connectivity index (χ3n) is 3.55. The van der Waals surface area contributed by atoms with Gasteiger partial charge in [0.1, 0.15) is 29.7 Å². The van der Waals surface area contributed by atoms with Crippen LogP contribution in [0.4, 0.5) is 20.2 Å². The molecule has 0 aliphatic carbocycles. The molecule has 0 atom stereocenters. The van der Waals surface area contributed by atoms with E-state index in [4.69, 9.17) is 9.47 Å². The molecule has 0 saturated carbocycles. The van der Waals surface area contributed by atoms with Gasteiger partial charge in [0.2, 0.25) is 15.9 Å². The number of carbonyl (C=O) groups is 1. The lowest BCUT2D eigenvalue weighted by Gasteiger charge is -2.24. The van der Waals surface area contributed by atoms with E-state index < -0.39 is 34.1 Å². The van der Waals surface area contributed by atoms with Gasteiger partial charge in [0.15, 0.2) is 0 Å². The third-order valence-corrected chi connectivity index (χ3v) is 4.67. The van der Waals surface area contributed by atoms with E-state index in [0.717, 1.165) is 22.7 Å². The number of halogens is 2. The van der Waals surface area contributed by atoms with Crippen LogP contribution in [-0.4, -0.2) is 41.3 Å². The van der Waals surface area contributed by atoms with Crippen molar-refractivity contribution in [2.75, 3.05) is 36.6 Å². The van der Waals surface area contributed by atoms with Gasteiger partial charge >= 0.3 is 0 Å². The molecular formula is C17H18F2N2O5S. The molecule has 2 rings (SSSR count). The van der Waals surface area contributed by atoms with Crippen LogP contribution in [0.15, 0.2) is 36.4 Å². The zero-order chi connectivity index (χ0) is 20.2. The molecule has 146 valence electrons. The Morgan fingerprint density at radius 2 is 1.81 bits per heavy atom. The number of hydrogen-bond donors (Lipinski definition) is 1. The van der Waals surface area contributed by atoms with Crippen molar-refractivity contribution in [3.63, 3.8) is 0 Å². The zero-order valence-electron chi connectivity index (χ0n) is 14.8. The number of nitrogens with zero attached hydrogens (tertiary/aromatic N) is 1. The Morgan fingerprint density at radius 1 is 1.11 bits per heavy atom. The molecule has 0 fully saturated rings. The van der Waals surface area contributed by atoms with Crippen molar-refractivity contribution in [1.82, 2.24) is 0 Å². The highest BCUT2D eigenvalue weighted by atomic mass is 32.2. The summed E-state index contributed by atoms with van der Waals surface area (Å²) in [4.78, 5) is 12.3. The molecule has 27 heavy (non-hydrogen) atoms. The molecule has 1 N–H and O–H groups in total. The highest BCUT2D eigenvalue weighted by molar-refractivity contribution is 7.92. The molecular weight excluding hydrogens is 382 g/mol. The highest BCUT2D eigenvalue weighted by Gasteiger charge is 2.24. The quantitative estimate of drug-likeness (QED) is 0.772. The van der Waals surface area contributed by atoms with Crippen LogP contribution in [0.2, 0.25) is 0 Å². The number of ether oxygens (including phenoxy) is 2. The normalized spacial score (nSPS) is 11.0. The Kier molecular flexibility index (Phi) is 6.21. The van der Waals surface area contributed by atoms with Gasteiger partial charge in [-0.1, -0.05) is 0 Å². The number of methoxy groups -OCH3 is 2. The Hall–Kier alpha value is -2.88. The van der Waals surface area contributed by atoms with E-state index in [-0.39, 0.29) is 17.1 Å². The first kappa shape index (κ1) is 20.4. The van der Waals surface area contributed by atoms with Crippen LogP contribution in [0.1, 0.15) is 0 Å². The fraction of sp³-hybridized carbons (Fsp3) is 0.235. The standard InChI is InChI=1S/C17H18F2N2O5S/c1-25-12-5-7-15(16(9-12)26-2)21(27(3,23)24)10-17(22)20-14-6-4-11(18)8-13(14)19/h4-9H,10H2,1-3H3,(H,20,22). The lowest BCUT2D eigenvalue weighted by atomic mass is 10.2. The monoisotopic (exact) mass is 400 g/mol. The minimum atomic E-state index is -3.88. The van der Waals surface area contributed by atoms with Crippen LogP contribution in [0.25, 0.3) is 0 Å². The first-order valence-electron chi connectivity index (χ1n) is 7.60. The SMILES string of the molecule is COc1ccc(N(CC(=O)Nc2ccc(F)cc2F)S(C)(=O)=O)c(OC)c1. The number of rotatable bonds is 7. The first-order valence-corrected chi connectivity index (χ1v) is 9.45. The second-order valence-corrected chi connectivity index (χ2v) is 7.39. The Morgan fingerprint density at radius 3 is 2.37 bits per heavy atom. The van der Waals surface area contributed by atoms with Crippen molar-refractivity contribution in [2.24, 2.45) is 0 Å². The van der Waals surface area contributed by atoms with E-state index >= 15 is 0 Å². The molecule has 0 bridgehead atoms. The van der Waals surface area contributed by atoms with Crippen molar-refractivity contribution in [2.45, 2.75) is 0 Å². The van der Waals surface area contributed by atoms with Crippen LogP contribution in [0, 0.1) is 11.6 Å². The summed E-state index contributed by atoms with van der Waals surface area (Å²) in [6.45, 7) is -0.641. The van der Waals surface area contributed by atoms with E-state index in [1.54, 1.807) is 0 Å². The average molecular weight is 400 g/mol. The van der Waals surface area contributed by atoms with Gasteiger partial charge in [-0.2, -0.15) is 0 Å². The van der Waals surface area contributed by atoms with E-state index in [1.807, 2.05) is 0 Å². The number of amides is 1. The van der Waals surface area contributed by atoms with Gasteiger partial charge in [-0.25, -0.2) is 17.2 Å². The molecule has 2 aromatic carbocycles. The van der Waals surface area contributed by atoms with Crippen LogP contribution in [0.3, 0.4) is 0 Å². The number of benzene rings is 2. The fourth-order valence-corrected chi connectivity index (χ4v) is 3.14. The maximum Gasteiger partial charge on any atom is 0.245 e.